The number of halogens is 1. The molecular formula is C16H19FN2O. The quantitative estimate of drug-likeness (QED) is 0.932. The predicted octanol–water partition coefficient (Wildman–Crippen LogP) is 2.77. The van der Waals surface area contributed by atoms with Crippen molar-refractivity contribution in [1.82, 2.24) is 4.57 Å². The lowest BCUT2D eigenvalue weighted by molar-refractivity contribution is 0.512. The maximum absolute atomic E-state index is 13.0. The Bertz CT molecular complexity index is 645. The molecule has 1 aromatic heterocycles. The van der Waals surface area contributed by atoms with Crippen molar-refractivity contribution >= 4 is 0 Å². The fourth-order valence-electron chi connectivity index (χ4n) is 2.20. The average Bonchev–Trinajstić information content (AvgIpc) is 2.42. The zero-order valence-corrected chi connectivity index (χ0v) is 11.8. The van der Waals surface area contributed by atoms with E-state index in [1.807, 2.05) is 6.07 Å². The van der Waals surface area contributed by atoms with Gasteiger partial charge in [-0.15, -0.1) is 0 Å². The third kappa shape index (κ3) is 2.96. The molecule has 20 heavy (non-hydrogen) atoms. The highest BCUT2D eigenvalue weighted by atomic mass is 19.1. The van der Waals surface area contributed by atoms with Crippen molar-refractivity contribution in [2.45, 2.75) is 26.9 Å². The Morgan fingerprint density at radius 2 is 1.80 bits per heavy atom. The summed E-state index contributed by atoms with van der Waals surface area (Å²) >= 11 is 0. The molecule has 0 saturated heterocycles. The Kier molecular flexibility index (Phi) is 4.35. The highest BCUT2D eigenvalue weighted by Gasteiger charge is 2.11. The molecule has 0 spiro atoms. The van der Waals surface area contributed by atoms with Gasteiger partial charge in [-0.05, 0) is 41.8 Å². The van der Waals surface area contributed by atoms with E-state index >= 15 is 0 Å². The van der Waals surface area contributed by atoms with Gasteiger partial charge < -0.3 is 10.3 Å². The van der Waals surface area contributed by atoms with Crippen molar-refractivity contribution < 1.29 is 4.39 Å². The molecule has 4 heteroatoms. The Morgan fingerprint density at radius 3 is 2.35 bits per heavy atom. The first-order valence-electron chi connectivity index (χ1n) is 6.71. The fourth-order valence-corrected chi connectivity index (χ4v) is 2.20. The van der Waals surface area contributed by atoms with Gasteiger partial charge >= 0.3 is 0 Å². The summed E-state index contributed by atoms with van der Waals surface area (Å²) in [5.41, 5.74) is 7.74. The van der Waals surface area contributed by atoms with E-state index in [1.165, 1.54) is 12.1 Å². The second-order valence-electron chi connectivity index (χ2n) is 5.26. The van der Waals surface area contributed by atoms with Gasteiger partial charge in [0.1, 0.15) is 5.82 Å². The number of aromatic nitrogens is 1. The van der Waals surface area contributed by atoms with Gasteiger partial charge in [0.15, 0.2) is 0 Å². The van der Waals surface area contributed by atoms with Gasteiger partial charge in [-0.1, -0.05) is 19.9 Å². The summed E-state index contributed by atoms with van der Waals surface area (Å²) in [6.45, 7) is 4.94. The number of nitrogens with zero attached hydrogens (tertiary/aromatic N) is 1. The standard InChI is InChI=1S/C16H19FN2O/c1-11(2)10-19-15(8-5-13(9-18)16(19)20)12-3-6-14(17)7-4-12/h3-8,11H,9-10,18H2,1-2H3. The van der Waals surface area contributed by atoms with Gasteiger partial charge in [-0.2, -0.15) is 0 Å². The molecule has 0 bridgehead atoms. The van der Waals surface area contributed by atoms with Crippen LogP contribution in [0.15, 0.2) is 41.2 Å². The highest BCUT2D eigenvalue weighted by molar-refractivity contribution is 5.59. The normalized spacial score (nSPS) is 11.1. The van der Waals surface area contributed by atoms with Crippen LogP contribution < -0.4 is 11.3 Å². The van der Waals surface area contributed by atoms with E-state index in [2.05, 4.69) is 13.8 Å². The first-order valence-corrected chi connectivity index (χ1v) is 6.71. The Labute approximate surface area is 117 Å². The third-order valence-electron chi connectivity index (χ3n) is 3.16. The van der Waals surface area contributed by atoms with Crippen LogP contribution in [0.2, 0.25) is 0 Å². The average molecular weight is 274 g/mol. The first-order chi connectivity index (χ1) is 9.52. The Hall–Kier alpha value is -1.94. The second kappa shape index (κ2) is 6.01. The van der Waals surface area contributed by atoms with Gasteiger partial charge in [0, 0.05) is 18.7 Å². The predicted molar refractivity (Wildman–Crippen MR) is 78.8 cm³/mol. The van der Waals surface area contributed by atoms with E-state index in [9.17, 15) is 9.18 Å². The van der Waals surface area contributed by atoms with E-state index in [1.54, 1.807) is 22.8 Å². The van der Waals surface area contributed by atoms with Crippen LogP contribution in [-0.4, -0.2) is 4.57 Å². The molecule has 3 nitrogen and oxygen atoms in total. The zero-order valence-electron chi connectivity index (χ0n) is 11.8. The molecule has 1 heterocycles. The molecule has 1 aromatic carbocycles. The SMILES string of the molecule is CC(C)Cn1c(-c2ccc(F)cc2)ccc(CN)c1=O. The van der Waals surface area contributed by atoms with Crippen LogP contribution in [0.4, 0.5) is 4.39 Å². The molecule has 0 aliphatic heterocycles. The van der Waals surface area contributed by atoms with E-state index in [4.69, 9.17) is 5.73 Å². The number of nitrogens with two attached hydrogens (primary N) is 1. The van der Waals surface area contributed by atoms with Gasteiger partial charge in [0.25, 0.3) is 5.56 Å². The van der Waals surface area contributed by atoms with Crippen molar-refractivity contribution in [2.24, 2.45) is 11.7 Å². The lowest BCUT2D eigenvalue weighted by Gasteiger charge is -2.16. The molecular weight excluding hydrogens is 255 g/mol. The smallest absolute Gasteiger partial charge is 0.255 e. The van der Waals surface area contributed by atoms with Crippen molar-refractivity contribution in [1.29, 1.82) is 0 Å². The van der Waals surface area contributed by atoms with Crippen LogP contribution >= 0.6 is 0 Å². The van der Waals surface area contributed by atoms with Crippen LogP contribution in [0, 0.1) is 11.7 Å². The van der Waals surface area contributed by atoms with Gasteiger partial charge in [0.05, 0.1) is 5.69 Å². The van der Waals surface area contributed by atoms with Gasteiger partial charge in [-0.25, -0.2) is 4.39 Å². The minimum absolute atomic E-state index is 0.0666. The second-order valence-corrected chi connectivity index (χ2v) is 5.26. The van der Waals surface area contributed by atoms with Crippen molar-refractivity contribution in [3.05, 3.63) is 58.1 Å². The zero-order chi connectivity index (χ0) is 14.7. The topological polar surface area (TPSA) is 48.0 Å². The van der Waals surface area contributed by atoms with Gasteiger partial charge in [0.2, 0.25) is 0 Å². The molecule has 0 radical (unpaired) electrons. The number of hydrogen-bond donors (Lipinski definition) is 1. The van der Waals surface area contributed by atoms with Crippen LogP contribution in [0.25, 0.3) is 11.3 Å². The molecule has 0 fully saturated rings. The highest BCUT2D eigenvalue weighted by Crippen LogP contribution is 2.19. The van der Waals surface area contributed by atoms with Crippen LogP contribution in [0.5, 0.6) is 0 Å². The van der Waals surface area contributed by atoms with Crippen molar-refractivity contribution in [2.75, 3.05) is 0 Å². The summed E-state index contributed by atoms with van der Waals surface area (Å²) in [5, 5.41) is 0. The minimum atomic E-state index is -0.287. The lowest BCUT2D eigenvalue weighted by Crippen LogP contribution is -2.28. The maximum atomic E-state index is 13.0. The van der Waals surface area contributed by atoms with Gasteiger partial charge in [-0.3, -0.25) is 4.79 Å². The number of rotatable bonds is 4. The molecule has 0 aliphatic carbocycles. The van der Waals surface area contributed by atoms with Crippen LogP contribution in [0.3, 0.4) is 0 Å². The molecule has 106 valence electrons. The molecule has 0 saturated carbocycles. The lowest BCUT2D eigenvalue weighted by atomic mass is 10.1. The molecule has 0 aliphatic rings. The first kappa shape index (κ1) is 14.5. The van der Waals surface area contributed by atoms with E-state index in [0.717, 1.165) is 11.3 Å². The Balaban J connectivity index is 2.60. The van der Waals surface area contributed by atoms with Crippen molar-refractivity contribution in [3.8, 4) is 11.3 Å². The van der Waals surface area contributed by atoms with E-state index in [0.29, 0.717) is 18.0 Å². The fraction of sp³-hybridized carbons (Fsp3) is 0.312. The largest absolute Gasteiger partial charge is 0.326 e. The van der Waals surface area contributed by atoms with Crippen LogP contribution in [0.1, 0.15) is 19.4 Å². The molecule has 2 N–H and O–H groups in total. The number of pyridine rings is 1. The van der Waals surface area contributed by atoms with Crippen LogP contribution in [-0.2, 0) is 13.1 Å². The Morgan fingerprint density at radius 1 is 1.15 bits per heavy atom. The summed E-state index contributed by atoms with van der Waals surface area (Å²) in [7, 11) is 0. The molecule has 2 rings (SSSR count). The summed E-state index contributed by atoms with van der Waals surface area (Å²) in [6.07, 6.45) is 0. The molecule has 0 atom stereocenters. The number of benzene rings is 1. The molecule has 2 aromatic rings. The van der Waals surface area contributed by atoms with Crippen molar-refractivity contribution in [3.63, 3.8) is 0 Å². The summed E-state index contributed by atoms with van der Waals surface area (Å²) in [4.78, 5) is 12.4. The van der Waals surface area contributed by atoms with E-state index in [-0.39, 0.29) is 17.9 Å². The molecule has 0 amide bonds. The maximum Gasteiger partial charge on any atom is 0.255 e. The summed E-state index contributed by atoms with van der Waals surface area (Å²) in [6, 6.07) is 9.79. The summed E-state index contributed by atoms with van der Waals surface area (Å²) in [5.74, 6) is 0.0463. The molecule has 0 unspecified atom stereocenters. The monoisotopic (exact) mass is 274 g/mol. The minimum Gasteiger partial charge on any atom is -0.326 e. The third-order valence-corrected chi connectivity index (χ3v) is 3.16. The summed E-state index contributed by atoms with van der Waals surface area (Å²) < 4.78 is 14.7. The number of hydrogen-bond acceptors (Lipinski definition) is 2. The van der Waals surface area contributed by atoms with E-state index < -0.39 is 0 Å².